The van der Waals surface area contributed by atoms with Crippen LogP contribution in [-0.2, 0) is 4.74 Å². The van der Waals surface area contributed by atoms with Gasteiger partial charge in [0.1, 0.15) is 5.60 Å². The van der Waals surface area contributed by atoms with Crippen LogP contribution in [0.3, 0.4) is 0 Å². The number of nitrogens with one attached hydrogen (secondary N) is 1. The number of rotatable bonds is 2. The van der Waals surface area contributed by atoms with Crippen molar-refractivity contribution in [2.45, 2.75) is 38.8 Å². The van der Waals surface area contributed by atoms with Crippen LogP contribution in [-0.4, -0.2) is 24.3 Å². The summed E-state index contributed by atoms with van der Waals surface area (Å²) in [5.41, 5.74) is 5.17. The van der Waals surface area contributed by atoms with Crippen molar-refractivity contribution in [3.63, 3.8) is 0 Å². The molecule has 0 heterocycles. The van der Waals surface area contributed by atoms with E-state index in [1.54, 1.807) is 0 Å². The molecule has 0 bridgehead atoms. The molecule has 0 aliphatic heterocycles. The number of carbonyl (C=O) groups is 1. The summed E-state index contributed by atoms with van der Waals surface area (Å²) in [6.07, 6.45) is 0.655. The zero-order chi connectivity index (χ0) is 10.1. The lowest BCUT2D eigenvalue weighted by Crippen LogP contribution is -2.34. The third-order valence-electron chi connectivity index (χ3n) is 1.88. The SMILES string of the molecule is CC(C)(C)OC(=O)NCC1CC1N. The number of hydrogen-bond acceptors (Lipinski definition) is 3. The predicted molar refractivity (Wildman–Crippen MR) is 50.3 cm³/mol. The Hall–Kier alpha value is -0.770. The number of alkyl carbamates (subject to hydrolysis) is 1. The molecule has 3 N–H and O–H groups in total. The molecular weight excluding hydrogens is 168 g/mol. The van der Waals surface area contributed by atoms with Gasteiger partial charge in [0.15, 0.2) is 0 Å². The molecule has 2 unspecified atom stereocenters. The second-order valence-corrected chi connectivity index (χ2v) is 4.54. The van der Waals surface area contributed by atoms with Crippen LogP contribution in [0.25, 0.3) is 0 Å². The number of hydrogen-bond donors (Lipinski definition) is 2. The van der Waals surface area contributed by atoms with Crippen molar-refractivity contribution >= 4 is 6.09 Å². The van der Waals surface area contributed by atoms with Crippen molar-refractivity contribution in [2.75, 3.05) is 6.54 Å². The molecule has 1 saturated carbocycles. The van der Waals surface area contributed by atoms with Crippen molar-refractivity contribution in [3.05, 3.63) is 0 Å². The van der Waals surface area contributed by atoms with E-state index in [4.69, 9.17) is 10.5 Å². The van der Waals surface area contributed by atoms with Crippen LogP contribution in [0, 0.1) is 5.92 Å². The van der Waals surface area contributed by atoms with Gasteiger partial charge in [0.05, 0.1) is 0 Å². The highest BCUT2D eigenvalue weighted by atomic mass is 16.6. The highest BCUT2D eigenvalue weighted by Crippen LogP contribution is 2.26. The third-order valence-corrected chi connectivity index (χ3v) is 1.88. The summed E-state index contributed by atoms with van der Waals surface area (Å²) in [7, 11) is 0. The maximum Gasteiger partial charge on any atom is 0.407 e. The molecule has 1 aliphatic rings. The lowest BCUT2D eigenvalue weighted by atomic mass is 10.2. The van der Waals surface area contributed by atoms with Crippen molar-refractivity contribution in [2.24, 2.45) is 11.7 Å². The van der Waals surface area contributed by atoms with Gasteiger partial charge in [0.2, 0.25) is 0 Å². The number of carbonyl (C=O) groups excluding carboxylic acids is 1. The summed E-state index contributed by atoms with van der Waals surface area (Å²) >= 11 is 0. The average molecular weight is 186 g/mol. The predicted octanol–water partition coefficient (Wildman–Crippen LogP) is 0.858. The van der Waals surface area contributed by atoms with Gasteiger partial charge in [-0.25, -0.2) is 4.79 Å². The molecule has 13 heavy (non-hydrogen) atoms. The molecule has 0 saturated heterocycles. The quantitative estimate of drug-likeness (QED) is 0.672. The minimum Gasteiger partial charge on any atom is -0.444 e. The lowest BCUT2D eigenvalue weighted by molar-refractivity contribution is 0.0525. The summed E-state index contributed by atoms with van der Waals surface area (Å²) < 4.78 is 5.06. The molecule has 0 aromatic heterocycles. The summed E-state index contributed by atoms with van der Waals surface area (Å²) in [4.78, 5) is 11.1. The average Bonchev–Trinajstić information content (AvgIpc) is 2.58. The first kappa shape index (κ1) is 10.3. The summed E-state index contributed by atoms with van der Waals surface area (Å²) in [6.45, 7) is 6.16. The zero-order valence-electron chi connectivity index (χ0n) is 8.46. The first-order valence-electron chi connectivity index (χ1n) is 4.61. The van der Waals surface area contributed by atoms with Crippen molar-refractivity contribution in [1.29, 1.82) is 0 Å². The second kappa shape index (κ2) is 3.54. The van der Waals surface area contributed by atoms with Crippen LogP contribution < -0.4 is 11.1 Å². The molecule has 4 heteroatoms. The van der Waals surface area contributed by atoms with Crippen molar-refractivity contribution < 1.29 is 9.53 Å². The van der Waals surface area contributed by atoms with E-state index < -0.39 is 5.60 Å². The van der Waals surface area contributed by atoms with E-state index in [1.807, 2.05) is 20.8 Å². The third kappa shape index (κ3) is 4.12. The van der Waals surface area contributed by atoms with E-state index in [9.17, 15) is 4.79 Å². The monoisotopic (exact) mass is 186 g/mol. The maximum atomic E-state index is 11.1. The molecule has 1 fully saturated rings. The fraction of sp³-hybridized carbons (Fsp3) is 0.889. The van der Waals surface area contributed by atoms with Gasteiger partial charge in [-0.05, 0) is 33.1 Å². The summed E-state index contributed by atoms with van der Waals surface area (Å²) in [5, 5.41) is 2.69. The normalized spacial score (nSPS) is 26.8. The van der Waals surface area contributed by atoms with Gasteiger partial charge in [-0.3, -0.25) is 0 Å². The van der Waals surface area contributed by atoms with E-state index in [0.717, 1.165) is 6.42 Å². The van der Waals surface area contributed by atoms with Crippen LogP contribution in [0.2, 0.25) is 0 Å². The molecule has 4 nitrogen and oxygen atoms in total. The smallest absolute Gasteiger partial charge is 0.407 e. The number of ether oxygens (including phenoxy) is 1. The second-order valence-electron chi connectivity index (χ2n) is 4.54. The van der Waals surface area contributed by atoms with Gasteiger partial charge >= 0.3 is 6.09 Å². The van der Waals surface area contributed by atoms with Crippen LogP contribution >= 0.6 is 0 Å². The van der Waals surface area contributed by atoms with Gasteiger partial charge in [-0.1, -0.05) is 0 Å². The molecule has 1 amide bonds. The minimum atomic E-state index is -0.421. The van der Waals surface area contributed by atoms with Crippen LogP contribution in [0.1, 0.15) is 27.2 Å². The molecule has 0 aromatic carbocycles. The standard InChI is InChI=1S/C9H18N2O2/c1-9(2,3)13-8(12)11-5-6-4-7(6)10/h6-7H,4-5,10H2,1-3H3,(H,11,12). The molecule has 1 rings (SSSR count). The lowest BCUT2D eigenvalue weighted by Gasteiger charge is -2.19. The van der Waals surface area contributed by atoms with Gasteiger partial charge in [0.25, 0.3) is 0 Å². The van der Waals surface area contributed by atoms with Crippen LogP contribution in [0.4, 0.5) is 4.79 Å². The Morgan fingerprint density at radius 2 is 2.15 bits per heavy atom. The molecular formula is C9H18N2O2. The van der Waals surface area contributed by atoms with Crippen molar-refractivity contribution in [3.8, 4) is 0 Å². The Kier molecular flexibility index (Phi) is 2.81. The summed E-state index contributed by atoms with van der Waals surface area (Å²) in [6, 6.07) is 0.273. The molecule has 1 aliphatic carbocycles. The fourth-order valence-corrected chi connectivity index (χ4v) is 1.03. The highest BCUT2D eigenvalue weighted by molar-refractivity contribution is 5.67. The van der Waals surface area contributed by atoms with Gasteiger partial charge in [-0.2, -0.15) is 0 Å². The fourth-order valence-electron chi connectivity index (χ4n) is 1.03. The first-order valence-corrected chi connectivity index (χ1v) is 4.61. The van der Waals surface area contributed by atoms with Crippen molar-refractivity contribution in [1.82, 2.24) is 5.32 Å². The van der Waals surface area contributed by atoms with Crippen LogP contribution in [0.15, 0.2) is 0 Å². The van der Waals surface area contributed by atoms with E-state index in [2.05, 4.69) is 5.32 Å². The van der Waals surface area contributed by atoms with E-state index in [0.29, 0.717) is 12.5 Å². The van der Waals surface area contributed by atoms with E-state index >= 15 is 0 Å². The maximum absolute atomic E-state index is 11.1. The highest BCUT2D eigenvalue weighted by Gasteiger charge is 2.33. The van der Waals surface area contributed by atoms with Gasteiger partial charge in [-0.15, -0.1) is 0 Å². The Labute approximate surface area is 78.8 Å². The molecule has 76 valence electrons. The minimum absolute atomic E-state index is 0.273. The Balaban J connectivity index is 2.11. The number of amides is 1. The molecule has 0 radical (unpaired) electrons. The molecule has 2 atom stereocenters. The Morgan fingerprint density at radius 1 is 1.62 bits per heavy atom. The molecule has 0 aromatic rings. The molecule has 0 spiro atoms. The van der Waals surface area contributed by atoms with E-state index in [-0.39, 0.29) is 12.1 Å². The van der Waals surface area contributed by atoms with Gasteiger partial charge in [0, 0.05) is 12.6 Å². The summed E-state index contributed by atoms with van der Waals surface area (Å²) in [5.74, 6) is 0.451. The Bertz CT molecular complexity index is 198. The van der Waals surface area contributed by atoms with Gasteiger partial charge < -0.3 is 15.8 Å². The largest absolute Gasteiger partial charge is 0.444 e. The van der Waals surface area contributed by atoms with Crippen LogP contribution in [0.5, 0.6) is 0 Å². The topological polar surface area (TPSA) is 64.3 Å². The zero-order valence-corrected chi connectivity index (χ0v) is 8.46. The van der Waals surface area contributed by atoms with E-state index in [1.165, 1.54) is 0 Å². The first-order chi connectivity index (χ1) is 5.88. The Morgan fingerprint density at radius 3 is 2.54 bits per heavy atom. The number of nitrogens with two attached hydrogens (primary N) is 1.